The van der Waals surface area contributed by atoms with Crippen LogP contribution in [0.15, 0.2) is 23.0 Å². The van der Waals surface area contributed by atoms with Crippen molar-refractivity contribution >= 4 is 0 Å². The number of aryl methyl sites for hydroxylation is 2. The molecule has 0 aliphatic carbocycles. The predicted molar refractivity (Wildman–Crippen MR) is 43.4 cm³/mol. The first-order valence-electron chi connectivity index (χ1n) is 3.67. The smallest absolute Gasteiger partial charge is 0.229 e. The zero-order valence-corrected chi connectivity index (χ0v) is 6.98. The van der Waals surface area contributed by atoms with E-state index < -0.39 is 0 Å². The molecular formula is C8H9N3O. The zero-order valence-electron chi connectivity index (χ0n) is 6.98. The number of hydrogen-bond acceptors (Lipinski definition) is 3. The van der Waals surface area contributed by atoms with Crippen molar-refractivity contribution in [2.75, 3.05) is 0 Å². The number of nitrogens with zero attached hydrogens (tertiary/aromatic N) is 3. The number of aromatic nitrogens is 3. The van der Waals surface area contributed by atoms with Gasteiger partial charge in [0.05, 0.1) is 18.0 Å². The molecule has 12 heavy (non-hydrogen) atoms. The van der Waals surface area contributed by atoms with Crippen LogP contribution < -0.4 is 0 Å². The van der Waals surface area contributed by atoms with Gasteiger partial charge in [-0.2, -0.15) is 5.10 Å². The van der Waals surface area contributed by atoms with Gasteiger partial charge in [0.25, 0.3) is 0 Å². The minimum absolute atomic E-state index is 0.626. The van der Waals surface area contributed by atoms with Gasteiger partial charge in [-0.25, -0.2) is 4.98 Å². The van der Waals surface area contributed by atoms with E-state index in [0.29, 0.717) is 5.89 Å². The second-order valence-corrected chi connectivity index (χ2v) is 2.68. The normalized spacial score (nSPS) is 10.5. The van der Waals surface area contributed by atoms with Crippen molar-refractivity contribution in [3.8, 4) is 11.5 Å². The Morgan fingerprint density at radius 3 is 2.75 bits per heavy atom. The average molecular weight is 163 g/mol. The predicted octanol–water partition coefficient (Wildman–Crippen LogP) is 1.38. The van der Waals surface area contributed by atoms with Gasteiger partial charge in [-0.3, -0.25) is 4.68 Å². The van der Waals surface area contributed by atoms with E-state index in [9.17, 15) is 0 Å². The Morgan fingerprint density at radius 2 is 2.25 bits per heavy atom. The molecule has 2 aromatic rings. The highest BCUT2D eigenvalue weighted by Crippen LogP contribution is 2.16. The molecule has 0 radical (unpaired) electrons. The van der Waals surface area contributed by atoms with Crippen LogP contribution >= 0.6 is 0 Å². The zero-order chi connectivity index (χ0) is 8.55. The van der Waals surface area contributed by atoms with Crippen LogP contribution in [0.3, 0.4) is 0 Å². The molecule has 2 heterocycles. The van der Waals surface area contributed by atoms with E-state index in [4.69, 9.17) is 4.42 Å². The summed E-state index contributed by atoms with van der Waals surface area (Å²) in [6.45, 7) is 1.87. The van der Waals surface area contributed by atoms with E-state index in [1.165, 1.54) is 0 Å². The summed E-state index contributed by atoms with van der Waals surface area (Å²) in [5.41, 5.74) is 0.908. The molecule has 0 saturated carbocycles. The molecule has 4 nitrogen and oxygen atoms in total. The van der Waals surface area contributed by atoms with Crippen molar-refractivity contribution in [2.45, 2.75) is 6.92 Å². The van der Waals surface area contributed by atoms with Crippen molar-refractivity contribution in [3.63, 3.8) is 0 Å². The fourth-order valence-electron chi connectivity index (χ4n) is 1.02. The summed E-state index contributed by atoms with van der Waals surface area (Å²) in [5.74, 6) is 1.44. The molecular weight excluding hydrogens is 154 g/mol. The van der Waals surface area contributed by atoms with E-state index in [2.05, 4.69) is 10.1 Å². The van der Waals surface area contributed by atoms with Crippen molar-refractivity contribution in [1.29, 1.82) is 0 Å². The Hall–Kier alpha value is -1.58. The number of hydrogen-bond donors (Lipinski definition) is 0. The summed E-state index contributed by atoms with van der Waals surface area (Å²) < 4.78 is 7.04. The van der Waals surface area contributed by atoms with Crippen molar-refractivity contribution in [3.05, 3.63) is 24.4 Å². The molecule has 0 N–H and O–H groups in total. The van der Waals surface area contributed by atoms with Crippen LogP contribution in [0.1, 0.15) is 5.76 Å². The standard InChI is InChI=1S/C8H9N3O/c1-6-3-9-8(12-6)7-4-10-11(2)5-7/h3-5H,1-2H3. The lowest BCUT2D eigenvalue weighted by Gasteiger charge is -1.85. The van der Waals surface area contributed by atoms with Crippen LogP contribution in [-0.4, -0.2) is 14.8 Å². The maximum atomic E-state index is 5.32. The van der Waals surface area contributed by atoms with Crippen molar-refractivity contribution < 1.29 is 4.42 Å². The summed E-state index contributed by atoms with van der Waals surface area (Å²) in [4.78, 5) is 4.08. The monoisotopic (exact) mass is 163 g/mol. The SMILES string of the molecule is Cc1cnc(-c2cnn(C)c2)o1. The topological polar surface area (TPSA) is 43.9 Å². The summed E-state index contributed by atoms with van der Waals surface area (Å²) >= 11 is 0. The van der Waals surface area contributed by atoms with Gasteiger partial charge in [0, 0.05) is 13.2 Å². The van der Waals surface area contributed by atoms with Gasteiger partial charge in [-0.15, -0.1) is 0 Å². The van der Waals surface area contributed by atoms with Gasteiger partial charge in [-0.1, -0.05) is 0 Å². The van der Waals surface area contributed by atoms with E-state index in [1.54, 1.807) is 17.1 Å². The first-order valence-corrected chi connectivity index (χ1v) is 3.67. The van der Waals surface area contributed by atoms with Crippen molar-refractivity contribution in [1.82, 2.24) is 14.8 Å². The second kappa shape index (κ2) is 2.48. The molecule has 0 aliphatic heterocycles. The van der Waals surface area contributed by atoms with Gasteiger partial charge in [0.15, 0.2) is 0 Å². The Bertz CT molecular complexity index is 350. The maximum Gasteiger partial charge on any atom is 0.229 e. The maximum absolute atomic E-state index is 5.32. The summed E-state index contributed by atoms with van der Waals surface area (Å²) in [6, 6.07) is 0. The molecule has 0 aromatic carbocycles. The minimum atomic E-state index is 0.626. The molecule has 2 aromatic heterocycles. The summed E-state index contributed by atoms with van der Waals surface area (Å²) in [5, 5.41) is 4.02. The fourth-order valence-corrected chi connectivity index (χ4v) is 1.02. The fraction of sp³-hybridized carbons (Fsp3) is 0.250. The number of rotatable bonds is 1. The molecule has 62 valence electrons. The molecule has 0 aliphatic rings. The van der Waals surface area contributed by atoms with E-state index in [1.807, 2.05) is 20.2 Å². The molecule has 4 heteroatoms. The van der Waals surface area contributed by atoms with Crippen LogP contribution in [0.25, 0.3) is 11.5 Å². The van der Waals surface area contributed by atoms with Crippen LogP contribution in [0.5, 0.6) is 0 Å². The van der Waals surface area contributed by atoms with Crippen molar-refractivity contribution in [2.24, 2.45) is 7.05 Å². The lowest BCUT2D eigenvalue weighted by atomic mass is 10.4. The van der Waals surface area contributed by atoms with Crippen LogP contribution in [0.2, 0.25) is 0 Å². The first kappa shape index (κ1) is 7.09. The molecule has 0 atom stereocenters. The minimum Gasteiger partial charge on any atom is -0.441 e. The van der Waals surface area contributed by atoms with Crippen LogP contribution in [0.4, 0.5) is 0 Å². The van der Waals surface area contributed by atoms with E-state index >= 15 is 0 Å². The average Bonchev–Trinajstić information content (AvgIpc) is 2.58. The van der Waals surface area contributed by atoms with Gasteiger partial charge in [-0.05, 0) is 6.92 Å². The highest BCUT2D eigenvalue weighted by atomic mass is 16.4. The molecule has 0 spiro atoms. The van der Waals surface area contributed by atoms with Gasteiger partial charge < -0.3 is 4.42 Å². The number of oxazole rings is 1. The largest absolute Gasteiger partial charge is 0.441 e. The van der Waals surface area contributed by atoms with Crippen LogP contribution in [-0.2, 0) is 7.05 Å². The summed E-state index contributed by atoms with van der Waals surface area (Å²) in [7, 11) is 1.86. The molecule has 2 rings (SSSR count). The van der Waals surface area contributed by atoms with Crippen LogP contribution in [0, 0.1) is 6.92 Å². The molecule has 0 saturated heterocycles. The highest BCUT2D eigenvalue weighted by Gasteiger charge is 2.05. The first-order chi connectivity index (χ1) is 5.75. The lowest BCUT2D eigenvalue weighted by Crippen LogP contribution is -1.84. The van der Waals surface area contributed by atoms with Gasteiger partial charge in [0.2, 0.25) is 5.89 Å². The highest BCUT2D eigenvalue weighted by molar-refractivity contribution is 5.49. The Morgan fingerprint density at radius 1 is 1.42 bits per heavy atom. The van der Waals surface area contributed by atoms with E-state index in [-0.39, 0.29) is 0 Å². The third-order valence-corrected chi connectivity index (χ3v) is 1.57. The van der Waals surface area contributed by atoms with Gasteiger partial charge >= 0.3 is 0 Å². The lowest BCUT2D eigenvalue weighted by molar-refractivity contribution is 0.542. The Labute approximate surface area is 69.8 Å². The molecule has 0 unspecified atom stereocenters. The Kier molecular flexibility index (Phi) is 1.46. The Balaban J connectivity index is 2.43. The molecule has 0 bridgehead atoms. The molecule has 0 fully saturated rings. The molecule has 0 amide bonds. The second-order valence-electron chi connectivity index (χ2n) is 2.68. The third kappa shape index (κ3) is 1.11. The quantitative estimate of drug-likeness (QED) is 0.638. The van der Waals surface area contributed by atoms with E-state index in [0.717, 1.165) is 11.3 Å². The third-order valence-electron chi connectivity index (χ3n) is 1.57. The van der Waals surface area contributed by atoms with Gasteiger partial charge in [0.1, 0.15) is 5.76 Å². The summed E-state index contributed by atoms with van der Waals surface area (Å²) in [6.07, 6.45) is 5.29.